The van der Waals surface area contributed by atoms with Crippen molar-refractivity contribution in [3.63, 3.8) is 0 Å². The Balaban J connectivity index is 0.859. The summed E-state index contributed by atoms with van der Waals surface area (Å²) in [4.78, 5) is 15.4. The summed E-state index contributed by atoms with van der Waals surface area (Å²) in [6.07, 6.45) is 0. The molecular formula is C78H62BN5. The minimum atomic E-state index is -0.0172. The average molecular weight is 1080 g/mol. The molecule has 15 rings (SSSR count). The van der Waals surface area contributed by atoms with Crippen LogP contribution in [0, 0.1) is 0 Å². The molecule has 13 aromatic rings. The van der Waals surface area contributed by atoms with Crippen molar-refractivity contribution >= 4 is 79.0 Å². The standard InChI is InChI=1S/C78H62BN5/c1-77(2,3)57-40-45-69-62(48-57)63-49-58(78(4,5)6)41-46-70(63)84(69)68-44-39-56(67-50-66(54-21-10-7-11-22-54)80-76(81-67)55-23-12-8-13-24-55)47-61(68)53-35-33-51(34-36-53)52-37-42-60(43-38-52)83-72-30-19-17-28-65(72)79-64-27-16-18-29-71(64)82(59-25-14-9-15-26-59)73-31-20-32-74(83)75(73)79/h7-50H,1-6H3. The molecule has 0 aliphatic carbocycles. The molecule has 4 heterocycles. The summed E-state index contributed by atoms with van der Waals surface area (Å²) < 4.78 is 2.49. The van der Waals surface area contributed by atoms with Gasteiger partial charge in [-0.3, -0.25) is 0 Å². The monoisotopic (exact) mass is 1080 g/mol. The van der Waals surface area contributed by atoms with Gasteiger partial charge in [-0.2, -0.15) is 0 Å². The highest BCUT2D eigenvalue weighted by Crippen LogP contribution is 2.46. The van der Waals surface area contributed by atoms with Crippen LogP contribution in [0.25, 0.3) is 83.6 Å². The molecule has 2 aliphatic heterocycles. The first kappa shape index (κ1) is 50.9. The predicted octanol–water partition coefficient (Wildman–Crippen LogP) is 18.6. The van der Waals surface area contributed by atoms with Gasteiger partial charge in [0.15, 0.2) is 5.82 Å². The molecule has 6 heteroatoms. The molecule has 402 valence electrons. The molecule has 0 saturated heterocycles. The van der Waals surface area contributed by atoms with E-state index in [1.165, 1.54) is 72.1 Å². The van der Waals surface area contributed by atoms with Crippen molar-refractivity contribution in [2.75, 3.05) is 9.80 Å². The summed E-state index contributed by atoms with van der Waals surface area (Å²) in [7, 11) is 0. The Bertz CT molecular complexity index is 4540. The van der Waals surface area contributed by atoms with Crippen LogP contribution in [0.1, 0.15) is 52.7 Å². The summed E-state index contributed by atoms with van der Waals surface area (Å²) >= 11 is 0. The van der Waals surface area contributed by atoms with Crippen molar-refractivity contribution in [3.8, 4) is 61.8 Å². The number of aromatic nitrogens is 3. The molecule has 0 spiro atoms. The fourth-order valence-corrected chi connectivity index (χ4v) is 13.0. The van der Waals surface area contributed by atoms with E-state index in [0.717, 1.165) is 67.4 Å². The van der Waals surface area contributed by atoms with Crippen LogP contribution in [-0.2, 0) is 10.8 Å². The maximum atomic E-state index is 5.33. The number of hydrogen-bond donors (Lipinski definition) is 0. The van der Waals surface area contributed by atoms with E-state index in [0.29, 0.717) is 5.82 Å². The molecule has 5 nitrogen and oxygen atoms in total. The van der Waals surface area contributed by atoms with Crippen molar-refractivity contribution in [1.29, 1.82) is 0 Å². The third-order valence-corrected chi connectivity index (χ3v) is 17.3. The van der Waals surface area contributed by atoms with Crippen LogP contribution in [0.5, 0.6) is 0 Å². The van der Waals surface area contributed by atoms with E-state index in [4.69, 9.17) is 9.97 Å². The first-order chi connectivity index (χ1) is 40.9. The van der Waals surface area contributed by atoms with E-state index in [9.17, 15) is 0 Å². The van der Waals surface area contributed by atoms with E-state index < -0.39 is 0 Å². The molecule has 84 heavy (non-hydrogen) atoms. The number of nitrogens with zero attached hydrogens (tertiary/aromatic N) is 5. The van der Waals surface area contributed by atoms with Crippen molar-refractivity contribution < 1.29 is 0 Å². The zero-order valence-corrected chi connectivity index (χ0v) is 48.2. The fraction of sp³-hybridized carbons (Fsp3) is 0.103. The number of para-hydroxylation sites is 3. The Kier molecular flexibility index (Phi) is 12.0. The molecule has 2 aliphatic rings. The smallest absolute Gasteiger partial charge is 0.252 e. The number of rotatable bonds is 8. The molecule has 0 atom stereocenters. The van der Waals surface area contributed by atoms with Crippen LogP contribution in [-0.4, -0.2) is 21.2 Å². The van der Waals surface area contributed by atoms with E-state index in [-0.39, 0.29) is 17.5 Å². The lowest BCUT2D eigenvalue weighted by atomic mass is 9.33. The Hall–Kier alpha value is -10.0. The summed E-state index contributed by atoms with van der Waals surface area (Å²) in [5.74, 6) is 0.692. The highest BCUT2D eigenvalue weighted by molar-refractivity contribution is 7.00. The maximum Gasteiger partial charge on any atom is 0.252 e. The predicted molar refractivity (Wildman–Crippen MR) is 355 cm³/mol. The third-order valence-electron chi connectivity index (χ3n) is 17.3. The summed E-state index contributed by atoms with van der Waals surface area (Å²) in [5, 5.41) is 2.51. The maximum absolute atomic E-state index is 5.33. The molecule has 0 amide bonds. The summed E-state index contributed by atoms with van der Waals surface area (Å²) in [6.45, 7) is 13.9. The number of anilines is 6. The van der Waals surface area contributed by atoms with E-state index >= 15 is 0 Å². The lowest BCUT2D eigenvalue weighted by Gasteiger charge is -2.44. The zero-order chi connectivity index (χ0) is 56.8. The van der Waals surface area contributed by atoms with Gasteiger partial charge in [0.05, 0.1) is 28.1 Å². The van der Waals surface area contributed by atoms with Crippen LogP contribution in [0.2, 0.25) is 0 Å². The molecule has 0 fully saturated rings. The molecule has 0 saturated carbocycles. The summed E-state index contributed by atoms with van der Waals surface area (Å²) in [6, 6.07) is 97.8. The average Bonchev–Trinajstić information content (AvgIpc) is 2.38. The summed E-state index contributed by atoms with van der Waals surface area (Å²) in [5.41, 5.74) is 26.4. The quantitative estimate of drug-likeness (QED) is 0.142. The normalized spacial score (nSPS) is 12.8. The largest absolute Gasteiger partial charge is 0.311 e. The SMILES string of the molecule is CC(C)(C)c1ccc2c(c1)c1cc(C(C)(C)C)ccc1n2-c1ccc(-c2cc(-c3ccccc3)nc(-c3ccccc3)n2)cc1-c1ccc(-c2ccc(N3c4ccccc4B4c5ccccc5N(c5ccccc5)c5cccc3c54)cc2)cc1. The first-order valence-electron chi connectivity index (χ1n) is 29.3. The lowest BCUT2D eigenvalue weighted by molar-refractivity contribution is 0.590. The Morgan fingerprint density at radius 1 is 0.321 bits per heavy atom. The second-order valence-corrected chi connectivity index (χ2v) is 24.6. The molecular weight excluding hydrogens is 1020 g/mol. The van der Waals surface area contributed by atoms with Crippen LogP contribution in [0.4, 0.5) is 34.1 Å². The van der Waals surface area contributed by atoms with Gasteiger partial charge in [0.2, 0.25) is 0 Å². The fourth-order valence-electron chi connectivity index (χ4n) is 13.0. The molecule has 0 N–H and O–H groups in total. The lowest BCUT2D eigenvalue weighted by Crippen LogP contribution is -2.61. The molecule has 11 aromatic carbocycles. The van der Waals surface area contributed by atoms with E-state index in [1.54, 1.807) is 0 Å². The van der Waals surface area contributed by atoms with Crippen LogP contribution >= 0.6 is 0 Å². The Morgan fingerprint density at radius 2 is 0.762 bits per heavy atom. The third kappa shape index (κ3) is 8.63. The number of fused-ring (bicyclic) bond motifs is 7. The van der Waals surface area contributed by atoms with Crippen LogP contribution < -0.4 is 26.2 Å². The van der Waals surface area contributed by atoms with Crippen molar-refractivity contribution in [1.82, 2.24) is 14.5 Å². The first-order valence-corrected chi connectivity index (χ1v) is 29.3. The van der Waals surface area contributed by atoms with Gasteiger partial charge in [-0.15, -0.1) is 0 Å². The van der Waals surface area contributed by atoms with E-state index in [1.807, 2.05) is 6.07 Å². The minimum absolute atomic E-state index is 0.0172. The van der Waals surface area contributed by atoms with Gasteiger partial charge in [0.25, 0.3) is 6.71 Å². The topological polar surface area (TPSA) is 37.2 Å². The Morgan fingerprint density at radius 3 is 1.31 bits per heavy atom. The van der Waals surface area contributed by atoms with Crippen molar-refractivity contribution in [2.45, 2.75) is 52.4 Å². The van der Waals surface area contributed by atoms with E-state index in [2.05, 4.69) is 317 Å². The highest BCUT2D eigenvalue weighted by atomic mass is 15.2. The van der Waals surface area contributed by atoms with Gasteiger partial charge in [-0.1, -0.05) is 217 Å². The van der Waals surface area contributed by atoms with Crippen LogP contribution in [0.15, 0.2) is 267 Å². The number of benzene rings is 11. The van der Waals surface area contributed by atoms with Gasteiger partial charge in [0.1, 0.15) is 0 Å². The second kappa shape index (κ2) is 19.9. The molecule has 0 unspecified atom stereocenters. The minimum Gasteiger partial charge on any atom is -0.311 e. The van der Waals surface area contributed by atoms with Gasteiger partial charge >= 0.3 is 0 Å². The molecule has 0 radical (unpaired) electrons. The molecule has 2 aromatic heterocycles. The second-order valence-electron chi connectivity index (χ2n) is 24.6. The Labute approximate surface area is 492 Å². The molecule has 0 bridgehead atoms. The zero-order valence-electron chi connectivity index (χ0n) is 48.2. The highest BCUT2D eigenvalue weighted by Gasteiger charge is 2.43. The van der Waals surface area contributed by atoms with Crippen LogP contribution in [0.3, 0.4) is 0 Å². The number of hydrogen-bond acceptors (Lipinski definition) is 4. The van der Waals surface area contributed by atoms with Gasteiger partial charge < -0.3 is 14.4 Å². The van der Waals surface area contributed by atoms with Crippen molar-refractivity contribution in [3.05, 3.63) is 278 Å². The van der Waals surface area contributed by atoms with Gasteiger partial charge in [-0.25, -0.2) is 9.97 Å². The van der Waals surface area contributed by atoms with Gasteiger partial charge in [-0.05, 0) is 146 Å². The van der Waals surface area contributed by atoms with Crippen molar-refractivity contribution in [2.24, 2.45) is 0 Å². The van der Waals surface area contributed by atoms with Gasteiger partial charge in [0, 0.05) is 67.2 Å².